The van der Waals surface area contributed by atoms with Crippen molar-refractivity contribution < 1.29 is 9.53 Å². The molecule has 0 radical (unpaired) electrons. The number of rotatable bonds is 4. The maximum Gasteiger partial charge on any atom is 0.276 e. The highest BCUT2D eigenvalue weighted by molar-refractivity contribution is 7.10. The first-order valence-electron chi connectivity index (χ1n) is 10.2. The first-order valence-corrected chi connectivity index (χ1v) is 11.5. The van der Waals surface area contributed by atoms with Crippen LogP contribution in [0.3, 0.4) is 0 Å². The standard InChI is InChI=1S/C22H22ClN5O2S/c23-18-13-24-22(27-8-10-30-11-9-27)26-20(18)21(29)25-16-1-3-17(4-2-16)28-7-5-19-15(14-28)6-12-31-19/h1-4,6,12-13H,5,7-11,14H2,(H,25,29). The summed E-state index contributed by atoms with van der Waals surface area (Å²) in [6, 6.07) is 10.1. The molecule has 9 heteroatoms. The average molecular weight is 456 g/mol. The summed E-state index contributed by atoms with van der Waals surface area (Å²) in [6.07, 6.45) is 2.55. The van der Waals surface area contributed by atoms with Crippen LogP contribution in [0.5, 0.6) is 0 Å². The van der Waals surface area contributed by atoms with Crippen LogP contribution in [-0.4, -0.2) is 48.7 Å². The summed E-state index contributed by atoms with van der Waals surface area (Å²) in [5.74, 6) is 0.140. The van der Waals surface area contributed by atoms with E-state index in [1.807, 2.05) is 40.5 Å². The highest BCUT2D eigenvalue weighted by Gasteiger charge is 2.20. The number of aromatic nitrogens is 2. The van der Waals surface area contributed by atoms with Crippen LogP contribution in [-0.2, 0) is 17.7 Å². The number of anilines is 3. The van der Waals surface area contributed by atoms with Gasteiger partial charge in [0.25, 0.3) is 5.91 Å². The van der Waals surface area contributed by atoms with Gasteiger partial charge in [0, 0.05) is 42.4 Å². The van der Waals surface area contributed by atoms with Gasteiger partial charge >= 0.3 is 0 Å². The molecule has 2 aliphatic rings. The number of halogens is 1. The molecule has 2 aromatic heterocycles. The number of hydrogen-bond acceptors (Lipinski definition) is 7. The van der Waals surface area contributed by atoms with Gasteiger partial charge in [-0.15, -0.1) is 11.3 Å². The molecule has 0 unspecified atom stereocenters. The second kappa shape index (κ2) is 8.82. The minimum Gasteiger partial charge on any atom is -0.378 e. The van der Waals surface area contributed by atoms with Crippen LogP contribution in [0, 0.1) is 0 Å². The SMILES string of the molecule is O=C(Nc1ccc(N2CCc3sccc3C2)cc1)c1nc(N2CCOCC2)ncc1Cl. The van der Waals surface area contributed by atoms with E-state index in [0.29, 0.717) is 37.9 Å². The van der Waals surface area contributed by atoms with Crippen molar-refractivity contribution in [3.63, 3.8) is 0 Å². The fourth-order valence-electron chi connectivity index (χ4n) is 3.85. The van der Waals surface area contributed by atoms with E-state index in [-0.39, 0.29) is 16.6 Å². The zero-order valence-corrected chi connectivity index (χ0v) is 18.5. The van der Waals surface area contributed by atoms with Crippen LogP contribution < -0.4 is 15.1 Å². The third kappa shape index (κ3) is 4.37. The second-order valence-corrected chi connectivity index (χ2v) is 8.92. The van der Waals surface area contributed by atoms with E-state index in [1.165, 1.54) is 16.6 Å². The molecule has 0 spiro atoms. The molecule has 0 atom stereocenters. The third-order valence-electron chi connectivity index (χ3n) is 5.54. The first kappa shape index (κ1) is 20.2. The smallest absolute Gasteiger partial charge is 0.276 e. The van der Waals surface area contributed by atoms with Crippen molar-refractivity contribution in [3.05, 3.63) is 63.1 Å². The molecule has 3 aromatic rings. The Hall–Kier alpha value is -2.68. The monoisotopic (exact) mass is 455 g/mol. The van der Waals surface area contributed by atoms with E-state index < -0.39 is 0 Å². The minimum atomic E-state index is -0.351. The van der Waals surface area contributed by atoms with Gasteiger partial charge in [0.1, 0.15) is 0 Å². The summed E-state index contributed by atoms with van der Waals surface area (Å²) < 4.78 is 5.36. The number of nitrogens with one attached hydrogen (secondary N) is 1. The number of hydrogen-bond donors (Lipinski definition) is 1. The lowest BCUT2D eigenvalue weighted by Crippen LogP contribution is -2.37. The molecule has 1 amide bonds. The second-order valence-electron chi connectivity index (χ2n) is 7.51. The van der Waals surface area contributed by atoms with Gasteiger partial charge in [-0.3, -0.25) is 4.79 Å². The van der Waals surface area contributed by atoms with Gasteiger partial charge in [-0.1, -0.05) is 11.6 Å². The number of fused-ring (bicyclic) bond motifs is 1. The molecular weight excluding hydrogens is 434 g/mol. The Morgan fingerprint density at radius 1 is 1.10 bits per heavy atom. The van der Waals surface area contributed by atoms with Gasteiger partial charge in [-0.05, 0) is 47.7 Å². The number of benzene rings is 1. The van der Waals surface area contributed by atoms with Crippen LogP contribution in [0.2, 0.25) is 5.02 Å². The van der Waals surface area contributed by atoms with Gasteiger partial charge in [0.05, 0.1) is 24.4 Å². The lowest BCUT2D eigenvalue weighted by molar-refractivity contribution is 0.102. The number of ether oxygens (including phenoxy) is 1. The summed E-state index contributed by atoms with van der Waals surface area (Å²) >= 11 is 8.06. The molecular formula is C22H22ClN5O2S. The van der Waals surface area contributed by atoms with Crippen molar-refractivity contribution >= 4 is 46.2 Å². The molecule has 1 N–H and O–H groups in total. The minimum absolute atomic E-state index is 0.170. The lowest BCUT2D eigenvalue weighted by atomic mass is 10.1. The Morgan fingerprint density at radius 2 is 1.90 bits per heavy atom. The summed E-state index contributed by atoms with van der Waals surface area (Å²) in [5.41, 5.74) is 3.42. The Labute approximate surface area is 189 Å². The first-order chi connectivity index (χ1) is 15.2. The van der Waals surface area contributed by atoms with E-state index in [4.69, 9.17) is 16.3 Å². The number of thiophene rings is 1. The van der Waals surface area contributed by atoms with E-state index in [1.54, 1.807) is 0 Å². The summed E-state index contributed by atoms with van der Waals surface area (Å²) in [4.78, 5) is 27.3. The molecule has 5 rings (SSSR count). The van der Waals surface area contributed by atoms with Crippen molar-refractivity contribution in [2.75, 3.05) is 48.0 Å². The molecule has 7 nitrogen and oxygen atoms in total. The average Bonchev–Trinajstić information content (AvgIpc) is 3.28. The van der Waals surface area contributed by atoms with Crippen LogP contribution in [0.15, 0.2) is 41.9 Å². The lowest BCUT2D eigenvalue weighted by Gasteiger charge is -2.29. The third-order valence-corrected chi connectivity index (χ3v) is 6.84. The Morgan fingerprint density at radius 3 is 2.71 bits per heavy atom. The molecule has 160 valence electrons. The van der Waals surface area contributed by atoms with Crippen LogP contribution in [0.1, 0.15) is 20.9 Å². The summed E-state index contributed by atoms with van der Waals surface area (Å²) in [6.45, 7) is 4.53. The number of carbonyl (C=O) groups is 1. The molecule has 0 bridgehead atoms. The summed E-state index contributed by atoms with van der Waals surface area (Å²) in [5, 5.41) is 5.29. The molecule has 2 aliphatic heterocycles. The van der Waals surface area contributed by atoms with Gasteiger partial charge < -0.3 is 19.9 Å². The maximum atomic E-state index is 12.8. The Balaban J connectivity index is 1.27. The van der Waals surface area contributed by atoms with Crippen LogP contribution in [0.4, 0.5) is 17.3 Å². The molecule has 1 fully saturated rings. The van der Waals surface area contributed by atoms with Crippen molar-refractivity contribution in [2.45, 2.75) is 13.0 Å². The Bertz CT molecular complexity index is 1080. The fourth-order valence-corrected chi connectivity index (χ4v) is 4.91. The van der Waals surface area contributed by atoms with Crippen molar-refractivity contribution in [2.24, 2.45) is 0 Å². The number of amides is 1. The fraction of sp³-hybridized carbons (Fsp3) is 0.318. The predicted octanol–water partition coefficient (Wildman–Crippen LogP) is 3.84. The normalized spacial score (nSPS) is 16.2. The number of carbonyl (C=O) groups excluding carboxylic acids is 1. The van der Waals surface area contributed by atoms with Crippen molar-refractivity contribution in [1.29, 1.82) is 0 Å². The molecule has 31 heavy (non-hydrogen) atoms. The number of nitrogens with zero attached hydrogens (tertiary/aromatic N) is 4. The topological polar surface area (TPSA) is 70.6 Å². The van der Waals surface area contributed by atoms with E-state index >= 15 is 0 Å². The van der Waals surface area contributed by atoms with Gasteiger partial charge in [-0.2, -0.15) is 0 Å². The largest absolute Gasteiger partial charge is 0.378 e. The molecule has 4 heterocycles. The van der Waals surface area contributed by atoms with Crippen LogP contribution in [0.25, 0.3) is 0 Å². The van der Waals surface area contributed by atoms with Crippen molar-refractivity contribution in [1.82, 2.24) is 9.97 Å². The zero-order valence-electron chi connectivity index (χ0n) is 16.9. The quantitative estimate of drug-likeness (QED) is 0.644. The highest BCUT2D eigenvalue weighted by atomic mass is 35.5. The van der Waals surface area contributed by atoms with Gasteiger partial charge in [0.15, 0.2) is 5.69 Å². The molecule has 1 aromatic carbocycles. The van der Waals surface area contributed by atoms with E-state index in [2.05, 4.69) is 31.6 Å². The Kier molecular flexibility index (Phi) is 5.76. The van der Waals surface area contributed by atoms with Gasteiger partial charge in [0.2, 0.25) is 5.95 Å². The maximum absolute atomic E-state index is 12.8. The molecule has 0 saturated carbocycles. The predicted molar refractivity (Wildman–Crippen MR) is 124 cm³/mol. The van der Waals surface area contributed by atoms with Crippen molar-refractivity contribution in [3.8, 4) is 0 Å². The molecule has 1 saturated heterocycles. The number of morpholine rings is 1. The van der Waals surface area contributed by atoms with Crippen LogP contribution >= 0.6 is 22.9 Å². The van der Waals surface area contributed by atoms with Gasteiger partial charge in [-0.25, -0.2) is 9.97 Å². The summed E-state index contributed by atoms with van der Waals surface area (Å²) in [7, 11) is 0. The van der Waals surface area contributed by atoms with E-state index in [0.717, 1.165) is 25.2 Å². The molecule has 0 aliphatic carbocycles. The highest BCUT2D eigenvalue weighted by Crippen LogP contribution is 2.28. The zero-order chi connectivity index (χ0) is 21.2. The van der Waals surface area contributed by atoms with E-state index in [9.17, 15) is 4.79 Å².